The number of hydrogen-bond acceptors (Lipinski definition) is 6. The molecule has 0 aliphatic carbocycles. The Balaban J connectivity index is 1.84. The van der Waals surface area contributed by atoms with Gasteiger partial charge < -0.3 is 5.32 Å². The van der Waals surface area contributed by atoms with E-state index in [9.17, 15) is 10.1 Å². The van der Waals surface area contributed by atoms with Crippen LogP contribution in [-0.4, -0.2) is 25.8 Å². The van der Waals surface area contributed by atoms with E-state index >= 15 is 0 Å². The van der Waals surface area contributed by atoms with Crippen molar-refractivity contribution in [1.29, 1.82) is 0 Å². The molecule has 1 aliphatic heterocycles. The zero-order valence-corrected chi connectivity index (χ0v) is 16.1. The van der Waals surface area contributed by atoms with E-state index in [4.69, 9.17) is 16.6 Å². The third kappa shape index (κ3) is 2.90. The van der Waals surface area contributed by atoms with Crippen molar-refractivity contribution in [3.05, 3.63) is 99.1 Å². The zero-order valence-electron chi connectivity index (χ0n) is 15.3. The summed E-state index contributed by atoms with van der Waals surface area (Å²) in [6, 6.07) is 12.4. The van der Waals surface area contributed by atoms with Crippen molar-refractivity contribution in [2.75, 3.05) is 5.32 Å². The summed E-state index contributed by atoms with van der Waals surface area (Å²) in [5.41, 5.74) is 4.14. The Morgan fingerprint density at radius 3 is 2.63 bits per heavy atom. The van der Waals surface area contributed by atoms with Crippen molar-refractivity contribution in [2.24, 2.45) is 4.99 Å². The summed E-state index contributed by atoms with van der Waals surface area (Å²) in [5.74, 6) is 0. The largest absolute Gasteiger partial charge is 0.359 e. The summed E-state index contributed by atoms with van der Waals surface area (Å²) in [4.78, 5) is 20.2. The first-order chi connectivity index (χ1) is 14.6. The fraction of sp³-hybridized carbons (Fsp3) is 0. The first-order valence-corrected chi connectivity index (χ1v) is 9.37. The first-order valence-electron chi connectivity index (χ1n) is 8.99. The van der Waals surface area contributed by atoms with Crippen LogP contribution in [0.4, 0.5) is 11.4 Å². The molecule has 0 atom stereocenters. The number of hydrogen-bond donors (Lipinski definition) is 2. The Bertz CT molecular complexity index is 1360. The van der Waals surface area contributed by atoms with Gasteiger partial charge in [0.05, 0.1) is 33.6 Å². The zero-order chi connectivity index (χ0) is 20.7. The van der Waals surface area contributed by atoms with Crippen LogP contribution in [0.2, 0.25) is 5.02 Å². The van der Waals surface area contributed by atoms with Crippen molar-refractivity contribution in [1.82, 2.24) is 15.2 Å². The lowest BCUT2D eigenvalue weighted by Gasteiger charge is -2.13. The molecule has 0 amide bonds. The number of rotatable bonds is 3. The van der Waals surface area contributed by atoms with Crippen molar-refractivity contribution >= 4 is 45.3 Å². The minimum Gasteiger partial charge on any atom is -0.359 e. The lowest BCUT2D eigenvalue weighted by atomic mass is 9.97. The Labute approximate surface area is 175 Å². The van der Waals surface area contributed by atoms with Crippen LogP contribution in [0.5, 0.6) is 0 Å². The second kappa shape index (κ2) is 7.09. The highest BCUT2D eigenvalue weighted by Crippen LogP contribution is 2.38. The van der Waals surface area contributed by atoms with Gasteiger partial charge in [-0.2, -0.15) is 5.10 Å². The number of nitro benzene ring substituents is 1. The standard InChI is InChI=1S/C21H13ClN6O2/c22-16-4-2-1-3-13(16)20-14-9-18(28(29)30)21-15(10-25-27-21)19(14)24-11-17(26-20)12-5-7-23-8-6-12/h1-11,24H,(H,25,27). The van der Waals surface area contributed by atoms with E-state index in [2.05, 4.69) is 20.5 Å². The van der Waals surface area contributed by atoms with Crippen LogP contribution < -0.4 is 5.32 Å². The number of benzene rings is 2. The number of aromatic nitrogens is 3. The highest BCUT2D eigenvalue weighted by atomic mass is 35.5. The molecule has 8 nitrogen and oxygen atoms in total. The van der Waals surface area contributed by atoms with Gasteiger partial charge in [-0.25, -0.2) is 4.99 Å². The number of nitrogens with zero attached hydrogens (tertiary/aromatic N) is 4. The van der Waals surface area contributed by atoms with Gasteiger partial charge in [0.2, 0.25) is 0 Å². The normalized spacial score (nSPS) is 13.1. The molecule has 0 radical (unpaired) electrons. The van der Waals surface area contributed by atoms with Gasteiger partial charge in [0.25, 0.3) is 5.69 Å². The van der Waals surface area contributed by atoms with Crippen LogP contribution in [0.3, 0.4) is 0 Å². The van der Waals surface area contributed by atoms with Gasteiger partial charge in [0.1, 0.15) is 5.52 Å². The molecule has 9 heteroatoms. The van der Waals surface area contributed by atoms with Gasteiger partial charge >= 0.3 is 0 Å². The van der Waals surface area contributed by atoms with E-state index in [0.717, 1.165) is 5.56 Å². The molecule has 5 rings (SSSR count). The van der Waals surface area contributed by atoms with Crippen LogP contribution in [0.25, 0.3) is 16.6 Å². The molecule has 2 N–H and O–H groups in total. The Kier molecular flexibility index (Phi) is 4.26. The molecule has 3 heterocycles. The topological polar surface area (TPSA) is 109 Å². The SMILES string of the molecule is O=[N+]([O-])c1cc2c(c3cn[nH]c13)NC=C(c1ccncc1)N=C2c1ccccc1Cl. The van der Waals surface area contributed by atoms with Crippen molar-refractivity contribution < 1.29 is 4.92 Å². The van der Waals surface area contributed by atoms with Crippen molar-refractivity contribution in [2.45, 2.75) is 0 Å². The predicted octanol–water partition coefficient (Wildman–Crippen LogP) is 4.78. The molecule has 4 aromatic rings. The molecule has 0 unspecified atom stereocenters. The number of halogens is 1. The molecule has 0 saturated carbocycles. The summed E-state index contributed by atoms with van der Waals surface area (Å²) in [6.45, 7) is 0. The Hall–Kier alpha value is -4.04. The third-order valence-corrected chi connectivity index (χ3v) is 5.19. The fourth-order valence-electron chi connectivity index (χ4n) is 3.47. The molecule has 2 aromatic heterocycles. The van der Waals surface area contributed by atoms with Gasteiger partial charge in [-0.15, -0.1) is 0 Å². The minimum atomic E-state index is -0.437. The van der Waals surface area contributed by atoms with E-state index in [1.165, 1.54) is 6.07 Å². The summed E-state index contributed by atoms with van der Waals surface area (Å²) >= 11 is 6.49. The maximum atomic E-state index is 11.7. The maximum absolute atomic E-state index is 11.7. The smallest absolute Gasteiger partial charge is 0.295 e. The summed E-state index contributed by atoms with van der Waals surface area (Å²) < 4.78 is 0. The van der Waals surface area contributed by atoms with E-state index in [0.29, 0.717) is 44.1 Å². The number of non-ortho nitro benzene ring substituents is 1. The van der Waals surface area contributed by atoms with Crippen LogP contribution >= 0.6 is 11.6 Å². The predicted molar refractivity (Wildman–Crippen MR) is 116 cm³/mol. The van der Waals surface area contributed by atoms with Crippen molar-refractivity contribution in [3.8, 4) is 0 Å². The van der Waals surface area contributed by atoms with Gasteiger partial charge in [0, 0.05) is 46.4 Å². The van der Waals surface area contributed by atoms with Gasteiger partial charge in [-0.1, -0.05) is 29.8 Å². The molecule has 2 aromatic carbocycles. The molecule has 0 spiro atoms. The van der Waals surface area contributed by atoms with Crippen LogP contribution in [0, 0.1) is 10.1 Å². The van der Waals surface area contributed by atoms with Crippen molar-refractivity contribution in [3.63, 3.8) is 0 Å². The average Bonchev–Trinajstić information content (AvgIpc) is 3.17. The molecule has 0 fully saturated rings. The average molecular weight is 417 g/mol. The Morgan fingerprint density at radius 1 is 1.07 bits per heavy atom. The number of anilines is 1. The fourth-order valence-corrected chi connectivity index (χ4v) is 3.69. The second-order valence-corrected chi connectivity index (χ2v) is 6.99. The van der Waals surface area contributed by atoms with E-state index in [1.807, 2.05) is 30.3 Å². The molecular formula is C21H13ClN6O2. The number of pyridine rings is 1. The monoisotopic (exact) mass is 416 g/mol. The minimum absolute atomic E-state index is 0.0878. The molecular weight excluding hydrogens is 404 g/mol. The summed E-state index contributed by atoms with van der Waals surface area (Å²) in [7, 11) is 0. The third-order valence-electron chi connectivity index (χ3n) is 4.86. The lowest BCUT2D eigenvalue weighted by molar-refractivity contribution is -0.383. The quantitative estimate of drug-likeness (QED) is 0.369. The number of H-pyrrole nitrogens is 1. The van der Waals surface area contributed by atoms with Crippen LogP contribution in [0.1, 0.15) is 16.7 Å². The Morgan fingerprint density at radius 2 is 1.87 bits per heavy atom. The van der Waals surface area contributed by atoms with E-state index in [-0.39, 0.29) is 5.69 Å². The number of aliphatic imine (C=N–C) groups is 1. The number of fused-ring (bicyclic) bond motifs is 3. The van der Waals surface area contributed by atoms with Crippen LogP contribution in [-0.2, 0) is 0 Å². The van der Waals surface area contributed by atoms with Gasteiger partial charge in [-0.05, 0) is 18.2 Å². The van der Waals surface area contributed by atoms with E-state index in [1.54, 1.807) is 30.9 Å². The highest BCUT2D eigenvalue weighted by Gasteiger charge is 2.26. The van der Waals surface area contributed by atoms with Crippen LogP contribution in [0.15, 0.2) is 72.2 Å². The second-order valence-electron chi connectivity index (χ2n) is 6.58. The molecule has 0 bridgehead atoms. The molecule has 0 saturated heterocycles. The number of nitro groups is 1. The van der Waals surface area contributed by atoms with Gasteiger partial charge in [-0.3, -0.25) is 20.2 Å². The maximum Gasteiger partial charge on any atom is 0.295 e. The van der Waals surface area contributed by atoms with Gasteiger partial charge in [0.15, 0.2) is 0 Å². The summed E-state index contributed by atoms with van der Waals surface area (Å²) in [5, 5.41) is 22.8. The molecule has 30 heavy (non-hydrogen) atoms. The highest BCUT2D eigenvalue weighted by molar-refractivity contribution is 6.36. The molecule has 146 valence electrons. The summed E-state index contributed by atoms with van der Waals surface area (Å²) in [6.07, 6.45) is 6.68. The number of aromatic amines is 1. The molecule has 1 aliphatic rings. The number of nitrogens with one attached hydrogen (secondary N) is 2. The lowest BCUT2D eigenvalue weighted by Crippen LogP contribution is -2.07. The van der Waals surface area contributed by atoms with E-state index < -0.39 is 4.92 Å². The first kappa shape index (κ1) is 18.0.